The summed E-state index contributed by atoms with van der Waals surface area (Å²) < 4.78 is 0. The summed E-state index contributed by atoms with van der Waals surface area (Å²) in [7, 11) is 0. The third kappa shape index (κ3) is 1.29. The average molecular weight is 210 g/mol. The third-order valence-electron chi connectivity index (χ3n) is 2.03. The molecule has 0 amide bonds. The van der Waals surface area contributed by atoms with E-state index in [9.17, 15) is 0 Å². The van der Waals surface area contributed by atoms with Gasteiger partial charge in [0.2, 0.25) is 0 Å². The van der Waals surface area contributed by atoms with Crippen LogP contribution in [0.4, 0.5) is 0 Å². The normalized spacial score (nSPS) is 12.2. The number of nitrogens with zero attached hydrogens (tertiary/aromatic N) is 1. The van der Waals surface area contributed by atoms with Crippen LogP contribution >= 0.6 is 11.6 Å². The third-order valence-corrected chi connectivity index (χ3v) is 2.26. The number of hydrogen-bond acceptors (Lipinski definition) is 2. The van der Waals surface area contributed by atoms with Crippen molar-refractivity contribution in [3.63, 3.8) is 0 Å². The Bertz CT molecular complexity index is 504. The maximum Gasteiger partial charge on any atom is 0.172 e. The molecule has 2 aromatic rings. The first-order chi connectivity index (χ1) is 6.72. The Morgan fingerprint density at radius 3 is 3.00 bits per heavy atom. The molecule has 2 rings (SSSR count). The maximum absolute atomic E-state index is 8.55. The Morgan fingerprint density at radius 2 is 2.29 bits per heavy atom. The summed E-state index contributed by atoms with van der Waals surface area (Å²) in [5.41, 5.74) is 7.03. The van der Waals surface area contributed by atoms with Gasteiger partial charge in [0.15, 0.2) is 5.84 Å². The molecule has 0 saturated heterocycles. The molecule has 14 heavy (non-hydrogen) atoms. The van der Waals surface area contributed by atoms with E-state index >= 15 is 0 Å². The van der Waals surface area contributed by atoms with Gasteiger partial charge in [-0.2, -0.15) is 0 Å². The van der Waals surface area contributed by atoms with Crippen LogP contribution in [0.15, 0.2) is 29.6 Å². The Balaban J connectivity index is 2.73. The number of rotatable bonds is 1. The van der Waals surface area contributed by atoms with Crippen LogP contribution in [0, 0.1) is 0 Å². The quantitative estimate of drug-likeness (QED) is 0.291. The molecule has 1 aromatic carbocycles. The number of oxime groups is 1. The molecule has 0 aliphatic rings. The summed E-state index contributed by atoms with van der Waals surface area (Å²) in [4.78, 5) is 3.00. The van der Waals surface area contributed by atoms with Gasteiger partial charge in [-0.25, -0.2) is 0 Å². The highest BCUT2D eigenvalue weighted by Crippen LogP contribution is 2.21. The molecule has 0 atom stereocenters. The maximum atomic E-state index is 8.55. The minimum atomic E-state index is 0.0681. The minimum absolute atomic E-state index is 0.0681. The number of fused-ring (bicyclic) bond motifs is 1. The fourth-order valence-corrected chi connectivity index (χ4v) is 1.53. The van der Waals surface area contributed by atoms with Gasteiger partial charge in [-0.15, -0.1) is 0 Å². The number of hydrogen-bond donors (Lipinski definition) is 3. The molecule has 0 bridgehead atoms. The lowest BCUT2D eigenvalue weighted by Gasteiger charge is -1.96. The molecular formula is C9H8ClN3O. The average Bonchev–Trinajstić information content (AvgIpc) is 2.59. The Kier molecular flexibility index (Phi) is 2.05. The number of benzene rings is 1. The largest absolute Gasteiger partial charge is 0.409 e. The second-order valence-corrected chi connectivity index (χ2v) is 3.31. The van der Waals surface area contributed by atoms with E-state index < -0.39 is 0 Å². The summed E-state index contributed by atoms with van der Waals surface area (Å²) in [6.07, 6.45) is 1.68. The number of aromatic amines is 1. The van der Waals surface area contributed by atoms with Crippen molar-refractivity contribution in [3.8, 4) is 0 Å². The van der Waals surface area contributed by atoms with Crippen LogP contribution in [-0.4, -0.2) is 16.0 Å². The second-order valence-electron chi connectivity index (χ2n) is 2.88. The van der Waals surface area contributed by atoms with E-state index in [0.29, 0.717) is 10.6 Å². The molecule has 0 unspecified atom stereocenters. The van der Waals surface area contributed by atoms with Crippen molar-refractivity contribution < 1.29 is 5.21 Å². The molecule has 72 valence electrons. The van der Waals surface area contributed by atoms with Gasteiger partial charge >= 0.3 is 0 Å². The van der Waals surface area contributed by atoms with E-state index in [1.165, 1.54) is 0 Å². The van der Waals surface area contributed by atoms with Crippen LogP contribution in [0.1, 0.15) is 5.56 Å². The first-order valence-electron chi connectivity index (χ1n) is 3.97. The highest BCUT2D eigenvalue weighted by atomic mass is 35.5. The molecular weight excluding hydrogens is 202 g/mol. The number of halogens is 1. The summed E-state index contributed by atoms with van der Waals surface area (Å²) in [6.45, 7) is 0. The molecule has 0 aliphatic carbocycles. The molecule has 0 saturated carbocycles. The van der Waals surface area contributed by atoms with Crippen LogP contribution < -0.4 is 5.73 Å². The predicted molar refractivity (Wildman–Crippen MR) is 55.8 cm³/mol. The molecule has 0 spiro atoms. The molecule has 5 heteroatoms. The zero-order valence-electron chi connectivity index (χ0n) is 7.16. The van der Waals surface area contributed by atoms with Crippen LogP contribution in [0.2, 0.25) is 5.02 Å². The summed E-state index contributed by atoms with van der Waals surface area (Å²) in [5.74, 6) is 0.0681. The van der Waals surface area contributed by atoms with E-state index in [-0.39, 0.29) is 5.84 Å². The van der Waals surface area contributed by atoms with E-state index in [2.05, 4.69) is 10.1 Å². The van der Waals surface area contributed by atoms with Crippen LogP contribution in [0.5, 0.6) is 0 Å². The van der Waals surface area contributed by atoms with Gasteiger partial charge in [0.1, 0.15) is 0 Å². The van der Waals surface area contributed by atoms with Crippen molar-refractivity contribution >= 4 is 28.3 Å². The highest BCUT2D eigenvalue weighted by molar-refractivity contribution is 6.31. The fourth-order valence-electron chi connectivity index (χ4n) is 1.36. The molecule has 0 radical (unpaired) electrons. The van der Waals surface area contributed by atoms with Crippen molar-refractivity contribution in [1.29, 1.82) is 0 Å². The fraction of sp³-hybridized carbons (Fsp3) is 0. The van der Waals surface area contributed by atoms with Gasteiger partial charge in [-0.3, -0.25) is 0 Å². The number of nitrogens with two attached hydrogens (primary N) is 1. The Morgan fingerprint density at radius 1 is 1.50 bits per heavy atom. The van der Waals surface area contributed by atoms with Crippen molar-refractivity contribution in [3.05, 3.63) is 35.0 Å². The van der Waals surface area contributed by atoms with Gasteiger partial charge in [0, 0.05) is 27.7 Å². The SMILES string of the molecule is N/C(=N\O)c1c[nH]c2ccc(Cl)cc12. The molecule has 4 nitrogen and oxygen atoms in total. The van der Waals surface area contributed by atoms with Crippen molar-refractivity contribution in [2.75, 3.05) is 0 Å². The van der Waals surface area contributed by atoms with Crippen molar-refractivity contribution in [2.45, 2.75) is 0 Å². The monoisotopic (exact) mass is 209 g/mol. The number of H-pyrrole nitrogens is 1. The zero-order valence-corrected chi connectivity index (χ0v) is 7.92. The topological polar surface area (TPSA) is 74.4 Å². The van der Waals surface area contributed by atoms with Gasteiger partial charge < -0.3 is 15.9 Å². The molecule has 4 N–H and O–H groups in total. The van der Waals surface area contributed by atoms with Gasteiger partial charge in [-0.05, 0) is 18.2 Å². The van der Waals surface area contributed by atoms with Gasteiger partial charge in [0.25, 0.3) is 0 Å². The van der Waals surface area contributed by atoms with Crippen molar-refractivity contribution in [1.82, 2.24) is 4.98 Å². The smallest absolute Gasteiger partial charge is 0.172 e. The van der Waals surface area contributed by atoms with E-state index in [1.807, 2.05) is 6.07 Å². The molecule has 0 fully saturated rings. The van der Waals surface area contributed by atoms with E-state index in [0.717, 1.165) is 10.9 Å². The van der Waals surface area contributed by atoms with Gasteiger partial charge in [0.05, 0.1) is 0 Å². The first-order valence-corrected chi connectivity index (χ1v) is 4.34. The predicted octanol–water partition coefficient (Wildman–Crippen LogP) is 1.92. The van der Waals surface area contributed by atoms with Gasteiger partial charge in [-0.1, -0.05) is 16.8 Å². The molecule has 0 aliphatic heterocycles. The molecule has 1 aromatic heterocycles. The second kappa shape index (κ2) is 3.23. The van der Waals surface area contributed by atoms with E-state index in [4.69, 9.17) is 22.5 Å². The lowest BCUT2D eigenvalue weighted by atomic mass is 10.1. The highest BCUT2D eigenvalue weighted by Gasteiger charge is 2.07. The summed E-state index contributed by atoms with van der Waals surface area (Å²) in [5, 5.41) is 12.9. The summed E-state index contributed by atoms with van der Waals surface area (Å²) >= 11 is 5.84. The summed E-state index contributed by atoms with van der Waals surface area (Å²) in [6, 6.07) is 5.38. The first kappa shape index (κ1) is 8.90. The number of aromatic nitrogens is 1. The van der Waals surface area contributed by atoms with Crippen LogP contribution in [0.25, 0.3) is 10.9 Å². The lowest BCUT2D eigenvalue weighted by molar-refractivity contribution is 0.318. The van der Waals surface area contributed by atoms with Crippen molar-refractivity contribution in [2.24, 2.45) is 10.9 Å². The number of amidine groups is 1. The lowest BCUT2D eigenvalue weighted by Crippen LogP contribution is -2.12. The van der Waals surface area contributed by atoms with E-state index in [1.54, 1.807) is 18.3 Å². The molecule has 1 heterocycles. The number of nitrogens with one attached hydrogen (secondary N) is 1. The Labute approximate surface area is 85.0 Å². The van der Waals surface area contributed by atoms with Crippen LogP contribution in [-0.2, 0) is 0 Å². The minimum Gasteiger partial charge on any atom is -0.409 e. The van der Waals surface area contributed by atoms with Crippen LogP contribution in [0.3, 0.4) is 0 Å². The standard InChI is InChI=1S/C9H8ClN3O/c10-5-1-2-8-6(3-5)7(4-12-8)9(11)13-14/h1-4,12,14H,(H2,11,13). The zero-order chi connectivity index (χ0) is 10.1. The Hall–Kier alpha value is -1.68.